The summed E-state index contributed by atoms with van der Waals surface area (Å²) in [5.74, 6) is -0.0863. The van der Waals surface area contributed by atoms with Crippen LogP contribution in [0, 0.1) is 0 Å². The molecule has 1 aliphatic heterocycles. The number of carbonyl (C=O) groups excluding carboxylic acids is 1. The highest BCUT2D eigenvalue weighted by atomic mass is 32.2. The number of nitrogens with zero attached hydrogens (tertiary/aromatic N) is 1. The number of nitrogens with one attached hydrogen (secondary N) is 2. The minimum atomic E-state index is -3.39. The molecule has 0 bridgehead atoms. The average Bonchev–Trinajstić information content (AvgIpc) is 3.06. The van der Waals surface area contributed by atoms with Crippen LogP contribution in [-0.4, -0.2) is 39.2 Å². The van der Waals surface area contributed by atoms with Crippen LogP contribution in [0.4, 0.5) is 11.4 Å². The first-order chi connectivity index (χ1) is 11.8. The number of amides is 1. The van der Waals surface area contributed by atoms with E-state index in [0.717, 1.165) is 38.0 Å². The van der Waals surface area contributed by atoms with Crippen molar-refractivity contribution < 1.29 is 13.2 Å². The second kappa shape index (κ2) is 8.56. The van der Waals surface area contributed by atoms with E-state index in [4.69, 9.17) is 0 Å². The fourth-order valence-corrected chi connectivity index (χ4v) is 4.18. The summed E-state index contributed by atoms with van der Waals surface area (Å²) in [7, 11) is -3.39. The Morgan fingerprint density at radius 1 is 1.24 bits per heavy atom. The molecule has 2 rings (SSSR count). The summed E-state index contributed by atoms with van der Waals surface area (Å²) < 4.78 is 26.9. The summed E-state index contributed by atoms with van der Waals surface area (Å²) in [6, 6.07) is 5.25. The molecule has 0 aliphatic carbocycles. The van der Waals surface area contributed by atoms with Crippen LogP contribution in [0.2, 0.25) is 0 Å². The van der Waals surface area contributed by atoms with Crippen LogP contribution in [0.15, 0.2) is 18.2 Å². The molecular formula is C18H29N3O3S. The first-order valence-corrected chi connectivity index (χ1v) is 10.7. The van der Waals surface area contributed by atoms with Crippen LogP contribution < -0.4 is 14.9 Å². The third-order valence-corrected chi connectivity index (χ3v) is 5.52. The number of sulfonamides is 1. The molecule has 140 valence electrons. The Balaban J connectivity index is 2.29. The summed E-state index contributed by atoms with van der Waals surface area (Å²) in [5, 5.41) is 2.90. The lowest BCUT2D eigenvalue weighted by atomic mass is 10.1. The number of rotatable bonds is 8. The Bertz CT molecular complexity index is 696. The molecule has 6 nitrogen and oxygen atoms in total. The summed E-state index contributed by atoms with van der Waals surface area (Å²) in [6.07, 6.45) is 3.64. The number of hydrogen-bond acceptors (Lipinski definition) is 4. The molecule has 0 saturated carbocycles. The van der Waals surface area contributed by atoms with Crippen molar-refractivity contribution in [1.82, 2.24) is 5.32 Å². The summed E-state index contributed by atoms with van der Waals surface area (Å²) in [5.41, 5.74) is 1.83. The maximum atomic E-state index is 12.6. The van der Waals surface area contributed by atoms with E-state index in [1.807, 2.05) is 26.8 Å². The molecule has 1 amide bonds. The molecule has 1 heterocycles. The molecule has 2 N–H and O–H groups in total. The summed E-state index contributed by atoms with van der Waals surface area (Å²) in [4.78, 5) is 14.8. The molecule has 1 fully saturated rings. The highest BCUT2D eigenvalue weighted by molar-refractivity contribution is 7.92. The van der Waals surface area contributed by atoms with E-state index in [1.165, 1.54) is 0 Å². The van der Waals surface area contributed by atoms with Crippen LogP contribution in [0.25, 0.3) is 0 Å². The van der Waals surface area contributed by atoms with Gasteiger partial charge in [-0.25, -0.2) is 8.42 Å². The minimum absolute atomic E-state index is 0.0174. The molecule has 1 aliphatic rings. The molecule has 1 saturated heterocycles. The fraction of sp³-hybridized carbons (Fsp3) is 0.611. The first kappa shape index (κ1) is 19.6. The van der Waals surface area contributed by atoms with Gasteiger partial charge < -0.3 is 10.2 Å². The van der Waals surface area contributed by atoms with E-state index >= 15 is 0 Å². The summed E-state index contributed by atoms with van der Waals surface area (Å²) in [6.45, 7) is 7.61. The Morgan fingerprint density at radius 3 is 2.52 bits per heavy atom. The Labute approximate surface area is 151 Å². The maximum absolute atomic E-state index is 12.6. The molecule has 0 atom stereocenters. The lowest BCUT2D eigenvalue weighted by molar-refractivity contribution is 0.0943. The Kier molecular flexibility index (Phi) is 6.70. The highest BCUT2D eigenvalue weighted by Crippen LogP contribution is 2.28. The van der Waals surface area contributed by atoms with Gasteiger partial charge in [-0.1, -0.05) is 13.3 Å². The third kappa shape index (κ3) is 5.63. The molecule has 7 heteroatoms. The van der Waals surface area contributed by atoms with Gasteiger partial charge in [0.2, 0.25) is 10.0 Å². The smallest absolute Gasteiger partial charge is 0.253 e. The molecule has 0 spiro atoms. The minimum Gasteiger partial charge on any atom is -0.371 e. The second-order valence-corrected chi connectivity index (χ2v) is 8.67. The predicted octanol–water partition coefficient (Wildman–Crippen LogP) is 2.97. The van der Waals surface area contributed by atoms with Crippen LogP contribution >= 0.6 is 0 Å². The van der Waals surface area contributed by atoms with Crippen LogP contribution in [0.5, 0.6) is 0 Å². The lowest BCUT2D eigenvalue weighted by Gasteiger charge is -2.22. The lowest BCUT2D eigenvalue weighted by Crippen LogP contribution is -2.32. The van der Waals surface area contributed by atoms with Gasteiger partial charge >= 0.3 is 0 Å². The molecule has 0 radical (unpaired) electrons. The van der Waals surface area contributed by atoms with Crippen molar-refractivity contribution in [2.45, 2.75) is 52.5 Å². The third-order valence-electron chi connectivity index (χ3n) is 4.15. The first-order valence-electron chi connectivity index (χ1n) is 9.02. The van der Waals surface area contributed by atoms with Gasteiger partial charge in [0.15, 0.2) is 0 Å². The second-order valence-electron chi connectivity index (χ2n) is 6.83. The van der Waals surface area contributed by atoms with Crippen molar-refractivity contribution in [2.24, 2.45) is 0 Å². The van der Waals surface area contributed by atoms with E-state index in [2.05, 4.69) is 14.9 Å². The predicted molar refractivity (Wildman–Crippen MR) is 103 cm³/mol. The zero-order valence-corrected chi connectivity index (χ0v) is 16.2. The van der Waals surface area contributed by atoms with Gasteiger partial charge in [-0.2, -0.15) is 0 Å². The zero-order valence-electron chi connectivity index (χ0n) is 15.3. The van der Waals surface area contributed by atoms with Crippen molar-refractivity contribution in [3.8, 4) is 0 Å². The molecule has 1 aromatic rings. The monoisotopic (exact) mass is 367 g/mol. The van der Waals surface area contributed by atoms with Crippen molar-refractivity contribution in [1.29, 1.82) is 0 Å². The quantitative estimate of drug-likeness (QED) is 0.740. The Hall–Kier alpha value is -1.76. The maximum Gasteiger partial charge on any atom is 0.253 e. The zero-order chi connectivity index (χ0) is 18.4. The molecule has 1 aromatic carbocycles. The van der Waals surface area contributed by atoms with Crippen molar-refractivity contribution in [2.75, 3.05) is 28.5 Å². The van der Waals surface area contributed by atoms with Crippen molar-refractivity contribution >= 4 is 27.3 Å². The normalized spacial score (nSPS) is 14.8. The molecular weight excluding hydrogens is 338 g/mol. The van der Waals surface area contributed by atoms with Gasteiger partial charge in [-0.15, -0.1) is 0 Å². The van der Waals surface area contributed by atoms with Gasteiger partial charge in [-0.3, -0.25) is 9.52 Å². The molecule has 0 unspecified atom stereocenters. The summed E-state index contributed by atoms with van der Waals surface area (Å²) >= 11 is 0. The number of benzene rings is 1. The molecule has 0 aromatic heterocycles. The standard InChI is InChI=1S/C18H29N3O3S/c1-4-5-12-25(23,24)20-15-8-9-17(21-10-6-7-11-21)16(13-15)18(22)19-14(2)3/h8-9,13-14,20H,4-7,10-12H2,1-3H3,(H,19,22). The fourth-order valence-electron chi connectivity index (χ4n) is 2.92. The van der Waals surface area contributed by atoms with E-state index < -0.39 is 10.0 Å². The highest BCUT2D eigenvalue weighted by Gasteiger charge is 2.21. The van der Waals surface area contributed by atoms with Crippen LogP contribution in [0.1, 0.15) is 56.8 Å². The van der Waals surface area contributed by atoms with Crippen molar-refractivity contribution in [3.63, 3.8) is 0 Å². The van der Waals surface area contributed by atoms with E-state index in [9.17, 15) is 13.2 Å². The van der Waals surface area contributed by atoms with Gasteiger partial charge in [0.25, 0.3) is 5.91 Å². The number of anilines is 2. The van der Waals surface area contributed by atoms with E-state index in [0.29, 0.717) is 17.7 Å². The number of unbranched alkanes of at least 4 members (excludes halogenated alkanes) is 1. The van der Waals surface area contributed by atoms with Crippen molar-refractivity contribution in [3.05, 3.63) is 23.8 Å². The number of carbonyl (C=O) groups is 1. The largest absolute Gasteiger partial charge is 0.371 e. The SMILES string of the molecule is CCCCS(=O)(=O)Nc1ccc(N2CCCC2)c(C(=O)NC(C)C)c1. The topological polar surface area (TPSA) is 78.5 Å². The van der Waals surface area contributed by atoms with Gasteiger partial charge in [0, 0.05) is 30.5 Å². The van der Waals surface area contributed by atoms with E-state index in [-0.39, 0.29) is 17.7 Å². The van der Waals surface area contributed by atoms with E-state index in [1.54, 1.807) is 12.1 Å². The molecule has 25 heavy (non-hydrogen) atoms. The van der Waals surface area contributed by atoms with Crippen LogP contribution in [-0.2, 0) is 10.0 Å². The van der Waals surface area contributed by atoms with Crippen LogP contribution in [0.3, 0.4) is 0 Å². The Morgan fingerprint density at radius 2 is 1.92 bits per heavy atom. The number of hydrogen-bond donors (Lipinski definition) is 2. The van der Waals surface area contributed by atoms with Gasteiger partial charge in [-0.05, 0) is 51.3 Å². The van der Waals surface area contributed by atoms with Gasteiger partial charge in [0.1, 0.15) is 0 Å². The van der Waals surface area contributed by atoms with Gasteiger partial charge in [0.05, 0.1) is 11.3 Å². The average molecular weight is 368 g/mol.